The van der Waals surface area contributed by atoms with E-state index in [9.17, 15) is 13.7 Å². The lowest BCUT2D eigenvalue weighted by Crippen LogP contribution is -2.29. The zero-order valence-corrected chi connectivity index (χ0v) is 16.3. The van der Waals surface area contributed by atoms with Gasteiger partial charge in [-0.3, -0.25) is 4.40 Å². The molecule has 2 heterocycles. The van der Waals surface area contributed by atoms with Gasteiger partial charge < -0.3 is 0 Å². The molecule has 2 aromatic heterocycles. The second-order valence-electron chi connectivity index (χ2n) is 5.51. The standard InChI is InChI=1S/C16H14BrN5O3S/c1-11-3-5-13(20-23)7-15(11)26(24,25)21(2)19-9-14-8-18-16-6-4-12(17)10-22(14)16/h3-10H,1-2H3/p+1/b19-9+. The van der Waals surface area contributed by atoms with Crippen molar-refractivity contribution >= 4 is 43.9 Å². The number of aromatic nitrogens is 2. The molecule has 1 unspecified atom stereocenters. The van der Waals surface area contributed by atoms with Gasteiger partial charge in [0.15, 0.2) is 0 Å². The summed E-state index contributed by atoms with van der Waals surface area (Å²) in [6.45, 7) is 1.68. The van der Waals surface area contributed by atoms with E-state index in [1.54, 1.807) is 23.6 Å². The van der Waals surface area contributed by atoms with Crippen molar-refractivity contribution in [1.29, 1.82) is 0 Å². The van der Waals surface area contributed by atoms with Gasteiger partial charge in [-0.1, -0.05) is 10.5 Å². The topological polar surface area (TPSA) is 99.6 Å². The van der Waals surface area contributed by atoms with Crippen LogP contribution in [0.4, 0.5) is 5.69 Å². The minimum absolute atomic E-state index is 0.0800. The number of benzene rings is 1. The predicted octanol–water partition coefficient (Wildman–Crippen LogP) is 4.02. The Morgan fingerprint density at radius 3 is 2.85 bits per heavy atom. The van der Waals surface area contributed by atoms with E-state index in [0.29, 0.717) is 11.3 Å². The van der Waals surface area contributed by atoms with Crippen molar-refractivity contribution in [3.63, 3.8) is 0 Å². The molecule has 0 bridgehead atoms. The number of nitrogens with zero attached hydrogens (tertiary/aromatic N) is 5. The smallest absolute Gasteiger partial charge is 0.298 e. The average Bonchev–Trinajstić information content (AvgIpc) is 3.02. The number of imidazole rings is 1. The summed E-state index contributed by atoms with van der Waals surface area (Å²) >= 11 is 3.39. The molecule has 1 N–H and O–H groups in total. The summed E-state index contributed by atoms with van der Waals surface area (Å²) in [5, 5.41) is 6.90. The lowest BCUT2D eigenvalue weighted by Gasteiger charge is -2.13. The molecule has 3 aromatic rings. The molecule has 26 heavy (non-hydrogen) atoms. The Balaban J connectivity index is 1.94. The normalized spacial score (nSPS) is 13.8. The van der Waals surface area contributed by atoms with Crippen LogP contribution in [0, 0.1) is 11.8 Å². The molecule has 10 heteroatoms. The van der Waals surface area contributed by atoms with E-state index in [1.807, 2.05) is 18.3 Å². The second kappa shape index (κ2) is 7.06. The van der Waals surface area contributed by atoms with Gasteiger partial charge in [-0.2, -0.15) is 4.55 Å². The monoisotopic (exact) mass is 436 g/mol. The van der Waals surface area contributed by atoms with E-state index in [0.717, 1.165) is 14.5 Å². The molecule has 0 aliphatic carbocycles. The molecule has 0 saturated carbocycles. The number of hydrogen-bond acceptors (Lipinski definition) is 5. The summed E-state index contributed by atoms with van der Waals surface area (Å²) < 4.78 is 27.0. The fraction of sp³-hybridized carbons (Fsp3) is 0.125. The van der Waals surface area contributed by atoms with E-state index >= 15 is 0 Å². The van der Waals surface area contributed by atoms with Crippen molar-refractivity contribution in [3.8, 4) is 0 Å². The van der Waals surface area contributed by atoms with Crippen molar-refractivity contribution in [2.24, 2.45) is 10.3 Å². The summed E-state index contributed by atoms with van der Waals surface area (Å²) in [7, 11) is -2.28. The molecular formula is C16H15BrN5O3S+. The van der Waals surface area contributed by atoms with E-state index in [4.69, 9.17) is 0 Å². The maximum absolute atomic E-state index is 12.8. The number of hydrazone groups is 1. The number of rotatable bonds is 5. The van der Waals surface area contributed by atoms with Crippen LogP contribution in [-0.2, 0) is 14.6 Å². The molecule has 1 atom stereocenters. The molecule has 3 rings (SSSR count). The minimum Gasteiger partial charge on any atom is -0.298 e. The van der Waals surface area contributed by atoms with Gasteiger partial charge in [0.1, 0.15) is 11.3 Å². The van der Waals surface area contributed by atoms with Gasteiger partial charge in [0.05, 0.1) is 25.2 Å². The largest absolute Gasteiger partial charge is 0.364 e. The first-order chi connectivity index (χ1) is 12.3. The molecule has 0 saturated heterocycles. The van der Waals surface area contributed by atoms with Crippen LogP contribution in [0.25, 0.3) is 5.65 Å². The molecule has 0 amide bonds. The number of fused-ring (bicyclic) bond motifs is 1. The van der Waals surface area contributed by atoms with E-state index in [-0.39, 0.29) is 10.6 Å². The third kappa shape index (κ3) is 3.43. The first-order valence-electron chi connectivity index (χ1n) is 7.44. The van der Waals surface area contributed by atoms with Gasteiger partial charge in [0, 0.05) is 22.3 Å². The maximum Gasteiger partial charge on any atom is 0.364 e. The van der Waals surface area contributed by atoms with E-state index in [2.05, 4.69) is 31.2 Å². The molecule has 0 spiro atoms. The zero-order valence-electron chi connectivity index (χ0n) is 13.9. The fourth-order valence-corrected chi connectivity index (χ4v) is 3.91. The van der Waals surface area contributed by atoms with Crippen molar-refractivity contribution in [2.45, 2.75) is 11.8 Å². The Morgan fingerprint density at radius 2 is 2.12 bits per heavy atom. The Hall–Kier alpha value is -2.43. The molecule has 8 nitrogen and oxygen atoms in total. The SMILES string of the molecule is Cc1ccc(N=O)cc1[S+](=O)(O)N(C)/N=C/c1cnc2ccc(Br)cn12. The molecule has 0 fully saturated rings. The van der Waals surface area contributed by atoms with Crippen LogP contribution in [0.2, 0.25) is 0 Å². The Kier molecular flexibility index (Phi) is 4.99. The van der Waals surface area contributed by atoms with Crippen LogP contribution in [0.1, 0.15) is 11.3 Å². The van der Waals surface area contributed by atoms with Crippen LogP contribution in [-0.4, -0.2) is 31.6 Å². The van der Waals surface area contributed by atoms with Crippen LogP contribution in [0.5, 0.6) is 0 Å². The predicted molar refractivity (Wildman–Crippen MR) is 104 cm³/mol. The lowest BCUT2D eigenvalue weighted by atomic mass is 10.2. The highest BCUT2D eigenvalue weighted by Gasteiger charge is 2.37. The lowest BCUT2D eigenvalue weighted by molar-refractivity contribution is 0.414. The number of aryl methyl sites for hydroxylation is 1. The van der Waals surface area contributed by atoms with Gasteiger partial charge in [-0.05, 0) is 50.4 Å². The van der Waals surface area contributed by atoms with E-state index < -0.39 is 10.4 Å². The molecule has 0 aliphatic heterocycles. The Morgan fingerprint density at radius 1 is 1.35 bits per heavy atom. The number of hydrogen-bond donors (Lipinski definition) is 1. The third-order valence-electron chi connectivity index (χ3n) is 3.77. The van der Waals surface area contributed by atoms with Gasteiger partial charge >= 0.3 is 10.4 Å². The summed E-state index contributed by atoms with van der Waals surface area (Å²) in [6, 6.07) is 8.05. The molecule has 0 radical (unpaired) electrons. The van der Waals surface area contributed by atoms with Crippen LogP contribution < -0.4 is 0 Å². The second-order valence-corrected chi connectivity index (χ2v) is 8.38. The Labute approximate surface area is 159 Å². The van der Waals surface area contributed by atoms with Gasteiger partial charge in [-0.25, -0.2) is 4.98 Å². The molecule has 0 aliphatic rings. The van der Waals surface area contributed by atoms with Crippen molar-refractivity contribution in [2.75, 3.05) is 7.05 Å². The summed E-state index contributed by atoms with van der Waals surface area (Å²) in [6.07, 6.45) is 4.88. The first kappa shape index (κ1) is 18.4. The summed E-state index contributed by atoms with van der Waals surface area (Å²) in [5.74, 6) is 0. The summed E-state index contributed by atoms with van der Waals surface area (Å²) in [4.78, 5) is 15.1. The van der Waals surface area contributed by atoms with Gasteiger partial charge in [0.2, 0.25) is 4.90 Å². The van der Waals surface area contributed by atoms with Crippen molar-refractivity contribution < 1.29 is 8.76 Å². The van der Waals surface area contributed by atoms with Gasteiger partial charge in [-0.15, -0.1) is 10.0 Å². The maximum atomic E-state index is 12.8. The fourth-order valence-electron chi connectivity index (χ4n) is 2.35. The quantitative estimate of drug-likeness (QED) is 0.282. The number of nitroso groups, excluding NO2 is 1. The zero-order chi connectivity index (χ0) is 18.9. The third-order valence-corrected chi connectivity index (χ3v) is 6.06. The van der Waals surface area contributed by atoms with Crippen molar-refractivity contribution in [1.82, 2.24) is 13.8 Å². The number of pyridine rings is 1. The average molecular weight is 437 g/mol. The molecule has 134 valence electrons. The minimum atomic E-state index is -3.67. The van der Waals surface area contributed by atoms with Crippen LogP contribution in [0.15, 0.2) is 62.4 Å². The van der Waals surface area contributed by atoms with Crippen LogP contribution >= 0.6 is 15.9 Å². The van der Waals surface area contributed by atoms with Crippen molar-refractivity contribution in [3.05, 3.63) is 63.4 Å². The van der Waals surface area contributed by atoms with E-state index in [1.165, 1.54) is 25.4 Å². The Bertz CT molecular complexity index is 1070. The highest BCUT2D eigenvalue weighted by molar-refractivity contribution is 9.10. The van der Waals surface area contributed by atoms with Gasteiger partial charge in [0.25, 0.3) is 0 Å². The molecular weight excluding hydrogens is 422 g/mol. The first-order valence-corrected chi connectivity index (χ1v) is 9.70. The summed E-state index contributed by atoms with van der Waals surface area (Å²) in [5.41, 5.74) is 2.01. The highest BCUT2D eigenvalue weighted by atomic mass is 79.9. The molecule has 1 aromatic carbocycles. The highest BCUT2D eigenvalue weighted by Crippen LogP contribution is 2.28. The number of halogens is 1. The van der Waals surface area contributed by atoms with Crippen LogP contribution in [0.3, 0.4) is 0 Å².